The fraction of sp³-hybridized carbons (Fsp3) is 0.150. The van der Waals surface area contributed by atoms with Crippen LogP contribution in [0.1, 0.15) is 11.3 Å². The predicted molar refractivity (Wildman–Crippen MR) is 99.9 cm³/mol. The van der Waals surface area contributed by atoms with E-state index in [1.54, 1.807) is 6.07 Å². The summed E-state index contributed by atoms with van der Waals surface area (Å²) in [7, 11) is 1.91. The lowest BCUT2D eigenvalue weighted by atomic mass is 10.1. The van der Waals surface area contributed by atoms with Gasteiger partial charge in [0.25, 0.3) is 0 Å². The number of para-hydroxylation sites is 1. The molecule has 0 spiro atoms. The molecule has 2 aromatic carbocycles. The van der Waals surface area contributed by atoms with Gasteiger partial charge in [-0.1, -0.05) is 29.8 Å². The van der Waals surface area contributed by atoms with Gasteiger partial charge in [0.15, 0.2) is 0 Å². The van der Waals surface area contributed by atoms with Crippen molar-refractivity contribution in [1.82, 2.24) is 14.3 Å². The molecule has 0 N–H and O–H groups in total. The summed E-state index contributed by atoms with van der Waals surface area (Å²) in [4.78, 5) is 0. The van der Waals surface area contributed by atoms with Crippen LogP contribution < -0.4 is 0 Å². The predicted octanol–water partition coefficient (Wildman–Crippen LogP) is 5.44. The lowest BCUT2D eigenvalue weighted by molar-refractivity contribution is 0.628. The molecule has 3 nitrogen and oxygen atoms in total. The van der Waals surface area contributed by atoms with Crippen LogP contribution in [-0.4, -0.2) is 14.3 Å². The molecule has 0 amide bonds. The van der Waals surface area contributed by atoms with Gasteiger partial charge in [0.1, 0.15) is 11.6 Å². The van der Waals surface area contributed by atoms with Crippen LogP contribution in [0.15, 0.2) is 48.7 Å². The molecule has 0 atom stereocenters. The maximum atomic E-state index is 13.5. The third-order valence-electron chi connectivity index (χ3n) is 4.53. The van der Waals surface area contributed by atoms with Crippen LogP contribution in [-0.2, 0) is 7.05 Å². The minimum absolute atomic E-state index is 0.348. The smallest absolute Gasteiger partial charge is 0.143 e. The summed E-state index contributed by atoms with van der Waals surface area (Å²) in [6, 6.07) is 12.7. The molecule has 0 aliphatic heterocycles. The summed E-state index contributed by atoms with van der Waals surface area (Å²) < 4.78 is 17.5. The Morgan fingerprint density at radius 3 is 2.60 bits per heavy atom. The first kappa shape index (κ1) is 15.9. The first-order valence-electron chi connectivity index (χ1n) is 8.03. The SMILES string of the molecule is Cc1nn(C)c(-n2cc(C)c3ccccc32)c1-c1ccc(F)cc1Cl. The van der Waals surface area contributed by atoms with Gasteiger partial charge in [-0.2, -0.15) is 5.10 Å². The van der Waals surface area contributed by atoms with Gasteiger partial charge in [-0.3, -0.25) is 4.68 Å². The normalized spacial score (nSPS) is 11.4. The van der Waals surface area contributed by atoms with E-state index in [0.717, 1.165) is 28.2 Å². The average Bonchev–Trinajstić information content (AvgIpc) is 3.04. The van der Waals surface area contributed by atoms with Crippen LogP contribution in [0.5, 0.6) is 0 Å². The molecule has 0 aliphatic rings. The van der Waals surface area contributed by atoms with Gasteiger partial charge in [-0.15, -0.1) is 0 Å². The molecule has 5 heteroatoms. The average molecular weight is 354 g/mol. The monoisotopic (exact) mass is 353 g/mol. The van der Waals surface area contributed by atoms with E-state index in [4.69, 9.17) is 11.6 Å². The van der Waals surface area contributed by atoms with E-state index in [9.17, 15) is 4.39 Å². The third kappa shape index (κ3) is 2.45. The maximum absolute atomic E-state index is 13.5. The van der Waals surface area contributed by atoms with Crippen molar-refractivity contribution in [2.75, 3.05) is 0 Å². The lowest BCUT2D eigenvalue weighted by Crippen LogP contribution is -2.03. The van der Waals surface area contributed by atoms with Crippen molar-refractivity contribution in [3.05, 3.63) is 70.8 Å². The van der Waals surface area contributed by atoms with Gasteiger partial charge < -0.3 is 4.57 Å². The van der Waals surface area contributed by atoms with Crippen LogP contribution >= 0.6 is 11.6 Å². The summed E-state index contributed by atoms with van der Waals surface area (Å²) >= 11 is 6.34. The lowest BCUT2D eigenvalue weighted by Gasteiger charge is -2.11. The standard InChI is InChI=1S/C20H17ClFN3/c1-12-11-25(18-7-5-4-6-15(12)18)20-19(13(2)23-24(20)3)16-9-8-14(22)10-17(16)21/h4-11H,1-3H3. The molecule has 4 aromatic rings. The molecule has 0 radical (unpaired) electrons. The first-order chi connectivity index (χ1) is 12.0. The molecule has 0 saturated heterocycles. The van der Waals surface area contributed by atoms with Crippen LogP contribution in [0.2, 0.25) is 5.02 Å². The highest BCUT2D eigenvalue weighted by Crippen LogP contribution is 2.37. The van der Waals surface area contributed by atoms with Gasteiger partial charge >= 0.3 is 0 Å². The van der Waals surface area contributed by atoms with E-state index in [-0.39, 0.29) is 5.82 Å². The Kier molecular flexibility index (Phi) is 3.65. The van der Waals surface area contributed by atoms with Crippen molar-refractivity contribution in [2.24, 2.45) is 7.05 Å². The van der Waals surface area contributed by atoms with Gasteiger partial charge in [0.2, 0.25) is 0 Å². The third-order valence-corrected chi connectivity index (χ3v) is 4.84. The van der Waals surface area contributed by atoms with Crippen molar-refractivity contribution in [1.29, 1.82) is 0 Å². The highest BCUT2D eigenvalue weighted by molar-refractivity contribution is 6.33. The quantitative estimate of drug-likeness (QED) is 0.470. The molecule has 4 rings (SSSR count). The second kappa shape index (κ2) is 5.74. The summed E-state index contributed by atoms with van der Waals surface area (Å²) in [6.07, 6.45) is 2.10. The molecular formula is C20H17ClFN3. The van der Waals surface area contributed by atoms with E-state index in [2.05, 4.69) is 34.9 Å². The number of nitrogens with zero attached hydrogens (tertiary/aromatic N) is 3. The topological polar surface area (TPSA) is 22.8 Å². The van der Waals surface area contributed by atoms with Gasteiger partial charge in [-0.05, 0) is 43.7 Å². The van der Waals surface area contributed by atoms with Crippen molar-refractivity contribution < 1.29 is 4.39 Å². The molecule has 0 unspecified atom stereocenters. The van der Waals surface area contributed by atoms with Crippen molar-refractivity contribution in [3.8, 4) is 16.9 Å². The van der Waals surface area contributed by atoms with Crippen LogP contribution in [0, 0.1) is 19.7 Å². The number of rotatable bonds is 2. The van der Waals surface area contributed by atoms with Gasteiger partial charge in [0.05, 0.1) is 16.2 Å². The first-order valence-corrected chi connectivity index (χ1v) is 8.41. The zero-order valence-electron chi connectivity index (χ0n) is 14.2. The minimum Gasteiger partial charge on any atom is -0.301 e. The molecule has 0 fully saturated rings. The summed E-state index contributed by atoms with van der Waals surface area (Å²) in [5.74, 6) is 0.564. The fourth-order valence-electron chi connectivity index (χ4n) is 3.46. The number of aryl methyl sites for hydroxylation is 3. The number of fused-ring (bicyclic) bond motifs is 1. The zero-order chi connectivity index (χ0) is 17.7. The Hall–Kier alpha value is -2.59. The molecule has 0 saturated carbocycles. The van der Waals surface area contributed by atoms with Crippen LogP contribution in [0.3, 0.4) is 0 Å². The molecule has 25 heavy (non-hydrogen) atoms. The zero-order valence-corrected chi connectivity index (χ0v) is 15.0. The highest BCUT2D eigenvalue weighted by atomic mass is 35.5. The molecule has 2 aromatic heterocycles. The van der Waals surface area contributed by atoms with E-state index >= 15 is 0 Å². The van der Waals surface area contributed by atoms with Crippen LogP contribution in [0.4, 0.5) is 4.39 Å². The Morgan fingerprint density at radius 1 is 1.08 bits per heavy atom. The van der Waals surface area contributed by atoms with Crippen LogP contribution in [0.25, 0.3) is 27.8 Å². The van der Waals surface area contributed by atoms with Gasteiger partial charge in [-0.25, -0.2) is 4.39 Å². The molecular weight excluding hydrogens is 337 g/mol. The van der Waals surface area contributed by atoms with E-state index in [0.29, 0.717) is 5.02 Å². The van der Waals surface area contributed by atoms with Crippen molar-refractivity contribution in [3.63, 3.8) is 0 Å². The van der Waals surface area contributed by atoms with E-state index in [1.807, 2.05) is 30.8 Å². The number of aromatic nitrogens is 3. The van der Waals surface area contributed by atoms with Crippen molar-refractivity contribution >= 4 is 22.5 Å². The molecule has 126 valence electrons. The Morgan fingerprint density at radius 2 is 1.84 bits per heavy atom. The molecule has 0 bridgehead atoms. The Bertz CT molecular complexity index is 1110. The summed E-state index contributed by atoms with van der Waals surface area (Å²) in [5.41, 5.74) is 4.82. The number of benzene rings is 2. The summed E-state index contributed by atoms with van der Waals surface area (Å²) in [5, 5.41) is 6.16. The van der Waals surface area contributed by atoms with E-state index in [1.165, 1.54) is 23.1 Å². The molecule has 0 aliphatic carbocycles. The minimum atomic E-state index is -0.348. The maximum Gasteiger partial charge on any atom is 0.143 e. The second-order valence-electron chi connectivity index (χ2n) is 6.23. The second-order valence-corrected chi connectivity index (χ2v) is 6.64. The Labute approximate surface area is 150 Å². The summed E-state index contributed by atoms with van der Waals surface area (Å²) in [6.45, 7) is 4.03. The highest BCUT2D eigenvalue weighted by Gasteiger charge is 2.21. The number of hydrogen-bond acceptors (Lipinski definition) is 1. The largest absolute Gasteiger partial charge is 0.301 e. The fourth-order valence-corrected chi connectivity index (χ4v) is 3.72. The van der Waals surface area contributed by atoms with Crippen molar-refractivity contribution in [2.45, 2.75) is 13.8 Å². The van der Waals surface area contributed by atoms with E-state index < -0.39 is 0 Å². The van der Waals surface area contributed by atoms with Gasteiger partial charge in [0, 0.05) is 29.8 Å². The number of halogens is 2. The number of hydrogen-bond donors (Lipinski definition) is 0. The molecule has 2 heterocycles. The Balaban J connectivity index is 2.06.